The molecule has 3 rings (SSSR count). The Balaban J connectivity index is 1.33. The normalized spacial score (nSPS) is 18.3. The van der Waals surface area contributed by atoms with Crippen molar-refractivity contribution >= 4 is 5.82 Å². The molecule has 0 bridgehead atoms. The van der Waals surface area contributed by atoms with Crippen LogP contribution < -0.4 is 15.4 Å². The molecule has 3 N–H and O–H groups in total. The monoisotopic (exact) mass is 302 g/mol. The van der Waals surface area contributed by atoms with Crippen LogP contribution in [0.4, 0.5) is 5.82 Å². The summed E-state index contributed by atoms with van der Waals surface area (Å²) in [6, 6.07) is 11.5. The molecule has 2 atom stereocenters. The van der Waals surface area contributed by atoms with Crippen LogP contribution in [-0.2, 0) is 6.54 Å². The topological polar surface area (TPSA) is 71.3 Å². The summed E-state index contributed by atoms with van der Waals surface area (Å²) in [5.74, 6) is 2.33. The number of rotatable bonds is 7. The Hall–Kier alpha value is -2.05. The number of aliphatic hydroxyl groups excluding tert-OH is 1. The molecule has 22 heavy (non-hydrogen) atoms. The molecule has 2 heterocycles. The highest BCUT2D eigenvalue weighted by molar-refractivity contribution is 5.35. The number of ether oxygens (including phenoxy) is 1. The van der Waals surface area contributed by atoms with Crippen molar-refractivity contribution < 1.29 is 9.84 Å². The van der Waals surface area contributed by atoms with Gasteiger partial charge in [-0.05, 0) is 12.1 Å². The van der Waals surface area contributed by atoms with Crippen molar-refractivity contribution in [2.75, 3.05) is 31.6 Å². The second-order valence-corrected chi connectivity index (χ2v) is 5.58. The largest absolute Gasteiger partial charge is 0.491 e. The minimum absolute atomic E-state index is 0.295. The zero-order valence-electron chi connectivity index (χ0n) is 12.5. The second-order valence-electron chi connectivity index (χ2n) is 5.58. The lowest BCUT2D eigenvalue weighted by Crippen LogP contribution is -2.39. The Morgan fingerprint density at radius 3 is 3.09 bits per heavy atom. The summed E-state index contributed by atoms with van der Waals surface area (Å²) in [4.78, 5) is 0. The van der Waals surface area contributed by atoms with E-state index in [1.807, 2.05) is 47.3 Å². The van der Waals surface area contributed by atoms with Gasteiger partial charge in [0.2, 0.25) is 0 Å². The molecule has 0 unspecified atom stereocenters. The summed E-state index contributed by atoms with van der Waals surface area (Å²) in [6.45, 7) is 3.49. The van der Waals surface area contributed by atoms with Crippen molar-refractivity contribution in [3.63, 3.8) is 0 Å². The van der Waals surface area contributed by atoms with Crippen LogP contribution in [0.15, 0.2) is 42.6 Å². The minimum Gasteiger partial charge on any atom is -0.491 e. The summed E-state index contributed by atoms with van der Waals surface area (Å²) in [5, 5.41) is 20.9. The number of fused-ring (bicyclic) bond motifs is 1. The predicted octanol–water partition coefficient (Wildman–Crippen LogP) is 0.954. The van der Waals surface area contributed by atoms with Gasteiger partial charge in [0.1, 0.15) is 24.3 Å². The molecule has 0 spiro atoms. The molecule has 1 aliphatic heterocycles. The average Bonchev–Trinajstić information content (AvgIpc) is 3.02. The highest BCUT2D eigenvalue weighted by atomic mass is 16.5. The standard InChI is InChI=1S/C16H22N4O2/c21-14(12-22-15-4-2-1-3-5-15)10-17-8-13-9-18-16-6-7-19-20(16)11-13/h1-7,13-14,17-18,21H,8-12H2/t13-,14-/m0/s1. The molecule has 0 saturated carbocycles. The lowest BCUT2D eigenvalue weighted by atomic mass is 10.1. The summed E-state index contributed by atoms with van der Waals surface area (Å²) < 4.78 is 7.51. The average molecular weight is 302 g/mol. The molecule has 6 heteroatoms. The molecule has 1 aliphatic rings. The molecule has 0 aliphatic carbocycles. The fraction of sp³-hybridized carbons (Fsp3) is 0.438. The van der Waals surface area contributed by atoms with Crippen LogP contribution in [-0.4, -0.2) is 47.2 Å². The van der Waals surface area contributed by atoms with E-state index >= 15 is 0 Å². The van der Waals surface area contributed by atoms with Crippen molar-refractivity contribution in [1.29, 1.82) is 0 Å². The summed E-state index contributed by atoms with van der Waals surface area (Å²) in [5.41, 5.74) is 0. The molecule has 118 valence electrons. The molecule has 0 saturated heterocycles. The zero-order valence-corrected chi connectivity index (χ0v) is 12.5. The Bertz CT molecular complexity index is 573. The second kappa shape index (κ2) is 7.29. The summed E-state index contributed by atoms with van der Waals surface area (Å²) in [7, 11) is 0. The number of hydrogen-bond donors (Lipinski definition) is 3. The van der Waals surface area contributed by atoms with Crippen molar-refractivity contribution in [3.8, 4) is 5.75 Å². The van der Waals surface area contributed by atoms with E-state index in [1.54, 1.807) is 0 Å². The minimum atomic E-state index is -0.517. The van der Waals surface area contributed by atoms with E-state index < -0.39 is 6.10 Å². The van der Waals surface area contributed by atoms with E-state index in [-0.39, 0.29) is 0 Å². The fourth-order valence-corrected chi connectivity index (χ4v) is 2.55. The molecule has 1 aromatic carbocycles. The van der Waals surface area contributed by atoms with Crippen molar-refractivity contribution in [1.82, 2.24) is 15.1 Å². The van der Waals surface area contributed by atoms with Crippen LogP contribution >= 0.6 is 0 Å². The quantitative estimate of drug-likeness (QED) is 0.710. The highest BCUT2D eigenvalue weighted by Crippen LogP contribution is 2.15. The third kappa shape index (κ3) is 3.99. The molecule has 0 fully saturated rings. The van der Waals surface area contributed by atoms with Gasteiger partial charge in [-0.2, -0.15) is 5.10 Å². The first kappa shape index (κ1) is 14.9. The van der Waals surface area contributed by atoms with Crippen LogP contribution in [0.2, 0.25) is 0 Å². The zero-order chi connectivity index (χ0) is 15.2. The molecular formula is C16H22N4O2. The first-order valence-corrected chi connectivity index (χ1v) is 7.63. The van der Waals surface area contributed by atoms with E-state index in [2.05, 4.69) is 15.7 Å². The number of benzene rings is 1. The Kier molecular flexibility index (Phi) is 4.92. The van der Waals surface area contributed by atoms with E-state index in [0.29, 0.717) is 19.1 Å². The number of hydrogen-bond acceptors (Lipinski definition) is 5. The number of anilines is 1. The van der Waals surface area contributed by atoms with E-state index in [9.17, 15) is 5.11 Å². The van der Waals surface area contributed by atoms with Gasteiger partial charge in [-0.3, -0.25) is 0 Å². The maximum Gasteiger partial charge on any atom is 0.124 e. The van der Waals surface area contributed by atoms with E-state index in [4.69, 9.17) is 4.74 Å². The van der Waals surface area contributed by atoms with Gasteiger partial charge in [-0.1, -0.05) is 18.2 Å². The van der Waals surface area contributed by atoms with Gasteiger partial charge in [0.15, 0.2) is 0 Å². The Labute approximate surface area is 130 Å². The third-order valence-corrected chi connectivity index (χ3v) is 3.72. The maximum atomic E-state index is 9.94. The van der Waals surface area contributed by atoms with Crippen molar-refractivity contribution in [2.24, 2.45) is 5.92 Å². The lowest BCUT2D eigenvalue weighted by molar-refractivity contribution is 0.105. The molecule has 6 nitrogen and oxygen atoms in total. The fourth-order valence-electron chi connectivity index (χ4n) is 2.55. The highest BCUT2D eigenvalue weighted by Gasteiger charge is 2.18. The predicted molar refractivity (Wildman–Crippen MR) is 85.0 cm³/mol. The van der Waals surface area contributed by atoms with Gasteiger partial charge in [-0.25, -0.2) is 4.68 Å². The number of nitrogens with zero attached hydrogens (tertiary/aromatic N) is 2. The van der Waals surface area contributed by atoms with Crippen molar-refractivity contribution in [2.45, 2.75) is 12.6 Å². The molecule has 2 aromatic rings. The van der Waals surface area contributed by atoms with E-state index in [0.717, 1.165) is 31.2 Å². The SMILES string of the molecule is O[C@@H](CNC[C@H]1CNc2ccnn2C1)COc1ccccc1. The molecular weight excluding hydrogens is 280 g/mol. The number of aliphatic hydroxyl groups is 1. The van der Waals surface area contributed by atoms with Gasteiger partial charge in [0.05, 0.1) is 6.20 Å². The molecule has 0 radical (unpaired) electrons. The summed E-state index contributed by atoms with van der Waals surface area (Å²) in [6.07, 6.45) is 1.29. The summed E-state index contributed by atoms with van der Waals surface area (Å²) >= 11 is 0. The number of aromatic nitrogens is 2. The van der Waals surface area contributed by atoms with Crippen LogP contribution in [0.3, 0.4) is 0 Å². The Morgan fingerprint density at radius 2 is 2.23 bits per heavy atom. The first-order valence-electron chi connectivity index (χ1n) is 7.63. The van der Waals surface area contributed by atoms with Gasteiger partial charge >= 0.3 is 0 Å². The first-order chi connectivity index (χ1) is 10.8. The van der Waals surface area contributed by atoms with Crippen LogP contribution in [0, 0.1) is 5.92 Å². The van der Waals surface area contributed by atoms with E-state index in [1.165, 1.54) is 0 Å². The van der Waals surface area contributed by atoms with Gasteiger partial charge in [0, 0.05) is 38.2 Å². The molecule has 1 aromatic heterocycles. The molecule has 0 amide bonds. The van der Waals surface area contributed by atoms with Gasteiger partial charge in [0.25, 0.3) is 0 Å². The van der Waals surface area contributed by atoms with Gasteiger partial charge in [-0.15, -0.1) is 0 Å². The number of nitrogens with one attached hydrogen (secondary N) is 2. The smallest absolute Gasteiger partial charge is 0.124 e. The maximum absolute atomic E-state index is 9.94. The third-order valence-electron chi connectivity index (χ3n) is 3.72. The number of para-hydroxylation sites is 1. The van der Waals surface area contributed by atoms with Gasteiger partial charge < -0.3 is 20.5 Å². The van der Waals surface area contributed by atoms with Crippen molar-refractivity contribution in [3.05, 3.63) is 42.6 Å². The van der Waals surface area contributed by atoms with Crippen LogP contribution in [0.5, 0.6) is 5.75 Å². The Morgan fingerprint density at radius 1 is 1.36 bits per heavy atom. The van der Waals surface area contributed by atoms with Crippen LogP contribution in [0.25, 0.3) is 0 Å². The van der Waals surface area contributed by atoms with Crippen LogP contribution in [0.1, 0.15) is 0 Å². The lowest BCUT2D eigenvalue weighted by Gasteiger charge is -2.25.